The minimum absolute atomic E-state index is 0.141. The van der Waals surface area contributed by atoms with Gasteiger partial charge in [-0.25, -0.2) is 4.79 Å². The van der Waals surface area contributed by atoms with Crippen LogP contribution in [0.5, 0.6) is 0 Å². The monoisotopic (exact) mass is 250 g/mol. The molecule has 0 spiro atoms. The first-order chi connectivity index (χ1) is 8.42. The van der Waals surface area contributed by atoms with Gasteiger partial charge in [0.05, 0.1) is 17.8 Å². The van der Waals surface area contributed by atoms with Gasteiger partial charge in [0.2, 0.25) is 0 Å². The van der Waals surface area contributed by atoms with Crippen LogP contribution in [-0.4, -0.2) is 34.4 Å². The number of hydrogen-bond acceptors (Lipinski definition) is 4. The van der Waals surface area contributed by atoms with Crippen molar-refractivity contribution in [2.75, 3.05) is 6.61 Å². The van der Waals surface area contributed by atoms with E-state index >= 15 is 0 Å². The van der Waals surface area contributed by atoms with Crippen molar-refractivity contribution < 1.29 is 24.5 Å². The first-order valence-corrected chi connectivity index (χ1v) is 5.64. The van der Waals surface area contributed by atoms with Gasteiger partial charge in [0.15, 0.2) is 0 Å². The molecule has 0 bridgehead atoms. The molecule has 0 amide bonds. The highest BCUT2D eigenvalue weighted by molar-refractivity contribution is 5.88. The lowest BCUT2D eigenvalue weighted by Crippen LogP contribution is -2.44. The molecule has 1 fully saturated rings. The van der Waals surface area contributed by atoms with E-state index in [0.29, 0.717) is 12.0 Å². The van der Waals surface area contributed by atoms with Gasteiger partial charge in [-0.15, -0.1) is 0 Å². The number of carboxylic acid groups (broad SMARTS) is 1. The van der Waals surface area contributed by atoms with Crippen LogP contribution in [-0.2, 0) is 9.53 Å². The molecule has 5 heteroatoms. The first kappa shape index (κ1) is 12.6. The summed E-state index contributed by atoms with van der Waals surface area (Å²) >= 11 is 0. The van der Waals surface area contributed by atoms with Crippen molar-refractivity contribution in [3.8, 4) is 0 Å². The normalized spacial score (nSPS) is 27.7. The number of esters is 1. The molecular formula is C13H14O5. The third-order valence-electron chi connectivity index (χ3n) is 3.20. The quantitative estimate of drug-likeness (QED) is 0.770. The van der Waals surface area contributed by atoms with Crippen LogP contribution < -0.4 is 0 Å². The molecule has 1 aromatic carbocycles. The fourth-order valence-electron chi connectivity index (χ4n) is 2.15. The Bertz CT molecular complexity index is 475. The van der Waals surface area contributed by atoms with Gasteiger partial charge in [-0.3, -0.25) is 4.79 Å². The van der Waals surface area contributed by atoms with Crippen molar-refractivity contribution in [2.24, 2.45) is 0 Å². The fourth-order valence-corrected chi connectivity index (χ4v) is 2.15. The van der Waals surface area contributed by atoms with Crippen LogP contribution in [0.25, 0.3) is 0 Å². The highest BCUT2D eigenvalue weighted by atomic mass is 16.5. The molecule has 0 aliphatic carbocycles. The number of benzene rings is 1. The van der Waals surface area contributed by atoms with Crippen molar-refractivity contribution in [3.63, 3.8) is 0 Å². The summed E-state index contributed by atoms with van der Waals surface area (Å²) in [5, 5.41) is 19.0. The number of ether oxygens (including phenoxy) is 1. The SMILES string of the molecule is CC1(O)CCOC(=O)C1c1ccc(C(=O)O)cc1. The molecule has 96 valence electrons. The Morgan fingerprint density at radius 2 is 2.00 bits per heavy atom. The van der Waals surface area contributed by atoms with E-state index in [1.165, 1.54) is 24.3 Å². The molecular weight excluding hydrogens is 236 g/mol. The molecule has 2 atom stereocenters. The zero-order valence-corrected chi connectivity index (χ0v) is 9.92. The highest BCUT2D eigenvalue weighted by Gasteiger charge is 2.43. The Morgan fingerprint density at radius 3 is 2.50 bits per heavy atom. The van der Waals surface area contributed by atoms with E-state index < -0.39 is 23.5 Å². The largest absolute Gasteiger partial charge is 0.478 e. The number of hydrogen-bond donors (Lipinski definition) is 2. The number of aromatic carboxylic acids is 1. The van der Waals surface area contributed by atoms with Crippen LogP contribution in [0.3, 0.4) is 0 Å². The molecule has 2 N–H and O–H groups in total. The van der Waals surface area contributed by atoms with E-state index in [1.807, 2.05) is 0 Å². The smallest absolute Gasteiger partial charge is 0.335 e. The summed E-state index contributed by atoms with van der Waals surface area (Å²) in [5.41, 5.74) is -0.461. The van der Waals surface area contributed by atoms with Gasteiger partial charge in [-0.05, 0) is 24.6 Å². The summed E-state index contributed by atoms with van der Waals surface area (Å²) in [6.45, 7) is 1.79. The number of carboxylic acids is 1. The predicted molar refractivity (Wildman–Crippen MR) is 62.3 cm³/mol. The molecule has 0 aromatic heterocycles. The van der Waals surface area contributed by atoms with Crippen LogP contribution in [0.4, 0.5) is 0 Å². The minimum Gasteiger partial charge on any atom is -0.478 e. The molecule has 0 saturated carbocycles. The lowest BCUT2D eigenvalue weighted by Gasteiger charge is -2.35. The molecule has 1 aromatic rings. The van der Waals surface area contributed by atoms with E-state index in [4.69, 9.17) is 9.84 Å². The van der Waals surface area contributed by atoms with Crippen molar-refractivity contribution in [3.05, 3.63) is 35.4 Å². The number of aliphatic hydroxyl groups is 1. The number of cyclic esters (lactones) is 1. The highest BCUT2D eigenvalue weighted by Crippen LogP contribution is 2.35. The first-order valence-electron chi connectivity index (χ1n) is 5.64. The Hall–Kier alpha value is -1.88. The van der Waals surface area contributed by atoms with E-state index in [-0.39, 0.29) is 12.2 Å². The summed E-state index contributed by atoms with van der Waals surface area (Å²) in [6, 6.07) is 5.90. The van der Waals surface area contributed by atoms with Crippen LogP contribution in [0, 0.1) is 0 Å². The predicted octanol–water partition coefficient (Wildman–Crippen LogP) is 1.17. The van der Waals surface area contributed by atoms with Gasteiger partial charge in [0, 0.05) is 6.42 Å². The number of rotatable bonds is 2. The minimum atomic E-state index is -1.17. The molecule has 1 aliphatic rings. The summed E-state index contributed by atoms with van der Waals surface area (Å²) in [5.74, 6) is -2.28. The van der Waals surface area contributed by atoms with E-state index in [9.17, 15) is 14.7 Å². The lowest BCUT2D eigenvalue weighted by atomic mass is 9.80. The maximum atomic E-state index is 11.7. The van der Waals surface area contributed by atoms with Crippen LogP contribution >= 0.6 is 0 Å². The number of carbonyl (C=O) groups excluding carboxylic acids is 1. The maximum absolute atomic E-state index is 11.7. The Balaban J connectivity index is 2.34. The molecule has 2 unspecified atom stereocenters. The molecule has 1 heterocycles. The molecule has 18 heavy (non-hydrogen) atoms. The Kier molecular flexibility index (Phi) is 3.09. The summed E-state index contributed by atoms with van der Waals surface area (Å²) < 4.78 is 4.94. The van der Waals surface area contributed by atoms with Gasteiger partial charge in [0.25, 0.3) is 0 Å². The van der Waals surface area contributed by atoms with Crippen molar-refractivity contribution >= 4 is 11.9 Å². The average molecular weight is 250 g/mol. The van der Waals surface area contributed by atoms with Gasteiger partial charge in [-0.2, -0.15) is 0 Å². The van der Waals surface area contributed by atoms with E-state index in [1.54, 1.807) is 6.92 Å². The molecule has 5 nitrogen and oxygen atoms in total. The average Bonchev–Trinajstić information content (AvgIpc) is 2.28. The summed E-state index contributed by atoms with van der Waals surface area (Å²) in [4.78, 5) is 22.5. The van der Waals surface area contributed by atoms with Gasteiger partial charge in [0.1, 0.15) is 5.92 Å². The standard InChI is InChI=1S/C13H14O5/c1-13(17)6-7-18-12(16)10(13)8-2-4-9(5-3-8)11(14)15/h2-5,10,17H,6-7H2,1H3,(H,14,15). The van der Waals surface area contributed by atoms with Gasteiger partial charge >= 0.3 is 11.9 Å². The second kappa shape index (κ2) is 4.42. The van der Waals surface area contributed by atoms with Crippen LogP contribution in [0.2, 0.25) is 0 Å². The van der Waals surface area contributed by atoms with Gasteiger partial charge < -0.3 is 14.9 Å². The zero-order chi connectivity index (χ0) is 13.3. The maximum Gasteiger partial charge on any atom is 0.335 e. The summed E-state index contributed by atoms with van der Waals surface area (Å²) in [6.07, 6.45) is 0.365. The molecule has 1 aliphatic heterocycles. The van der Waals surface area contributed by atoms with Crippen molar-refractivity contribution in [2.45, 2.75) is 24.9 Å². The Morgan fingerprint density at radius 1 is 1.39 bits per heavy atom. The number of carbonyl (C=O) groups is 2. The molecule has 2 rings (SSSR count). The summed E-state index contributed by atoms with van der Waals surface area (Å²) in [7, 11) is 0. The lowest BCUT2D eigenvalue weighted by molar-refractivity contribution is -0.162. The van der Waals surface area contributed by atoms with E-state index in [0.717, 1.165) is 0 Å². The van der Waals surface area contributed by atoms with Crippen molar-refractivity contribution in [1.29, 1.82) is 0 Å². The van der Waals surface area contributed by atoms with Crippen LogP contribution in [0.15, 0.2) is 24.3 Å². The third kappa shape index (κ3) is 2.22. The van der Waals surface area contributed by atoms with Gasteiger partial charge in [-0.1, -0.05) is 12.1 Å². The fraction of sp³-hybridized carbons (Fsp3) is 0.385. The molecule has 1 saturated heterocycles. The third-order valence-corrected chi connectivity index (χ3v) is 3.20. The second-order valence-electron chi connectivity index (χ2n) is 4.63. The topological polar surface area (TPSA) is 83.8 Å². The molecule has 0 radical (unpaired) electrons. The zero-order valence-electron chi connectivity index (χ0n) is 9.92. The van der Waals surface area contributed by atoms with Crippen molar-refractivity contribution in [1.82, 2.24) is 0 Å². The second-order valence-corrected chi connectivity index (χ2v) is 4.63. The van der Waals surface area contributed by atoms with Crippen LogP contribution in [0.1, 0.15) is 35.2 Å². The van der Waals surface area contributed by atoms with E-state index in [2.05, 4.69) is 0 Å². The Labute approximate surface area is 104 Å².